The lowest BCUT2D eigenvalue weighted by Gasteiger charge is -2.64. The van der Waals surface area contributed by atoms with Crippen LogP contribution >= 0.6 is 0 Å². The molecule has 5 nitrogen and oxygen atoms in total. The van der Waals surface area contributed by atoms with Gasteiger partial charge in [-0.15, -0.1) is 0 Å². The first-order valence-electron chi connectivity index (χ1n) is 15.9. The van der Waals surface area contributed by atoms with Crippen LogP contribution in [0.2, 0.25) is 0 Å². The third-order valence-electron chi connectivity index (χ3n) is 12.0. The fourth-order valence-corrected chi connectivity index (χ4v) is 8.87. The molecule has 5 heteroatoms. The van der Waals surface area contributed by atoms with Crippen LogP contribution in [-0.2, 0) is 14.4 Å². The maximum Gasteiger partial charge on any atom is 0.227 e. The summed E-state index contributed by atoms with van der Waals surface area (Å²) in [4.78, 5) is 41.5. The summed E-state index contributed by atoms with van der Waals surface area (Å²) in [5.74, 6) is 0.309. The van der Waals surface area contributed by atoms with E-state index in [1.807, 2.05) is 34.0 Å². The van der Waals surface area contributed by atoms with Crippen LogP contribution < -0.4 is 0 Å². The average molecular weight is 569 g/mol. The molecular weight excluding hydrogens is 508 g/mol. The Bertz CT molecular complexity index is 1090. The van der Waals surface area contributed by atoms with E-state index in [4.69, 9.17) is 0 Å². The van der Waals surface area contributed by atoms with Gasteiger partial charge in [0.2, 0.25) is 5.91 Å². The van der Waals surface area contributed by atoms with Gasteiger partial charge in [-0.05, 0) is 85.4 Å². The van der Waals surface area contributed by atoms with Crippen LogP contribution in [0.15, 0.2) is 11.6 Å². The maximum absolute atomic E-state index is 13.6. The first kappa shape index (κ1) is 35.2. The Labute approximate surface area is 251 Å². The average Bonchev–Trinajstić information content (AvgIpc) is 2.85. The lowest BCUT2D eigenvalue weighted by molar-refractivity contribution is -0.156. The summed E-state index contributed by atoms with van der Waals surface area (Å²) in [7, 11) is 3.72. The standard InChI is InChI=1S/C36H60N2O3/c1-14-16-31(3,4)18-20-34(9,30(41)38(12)13)21-19-32(5,6)36(11)17-15-27-33(7,8)29(40)26(24-37)23-35(27,10)28(36)22-25(2)39/h23,27-28H,14-22H2,1-13H3/t27-,28+,34-,35-,36+/m0/s1. The fraction of sp³-hybridized carbons (Fsp3) is 0.833. The van der Waals surface area contributed by atoms with Crippen LogP contribution in [0, 0.1) is 55.7 Å². The molecule has 0 spiro atoms. The van der Waals surface area contributed by atoms with E-state index in [0.29, 0.717) is 6.42 Å². The molecular formula is C36H60N2O3. The summed E-state index contributed by atoms with van der Waals surface area (Å²) in [5.41, 5.74) is -1.54. The van der Waals surface area contributed by atoms with Gasteiger partial charge >= 0.3 is 0 Å². The van der Waals surface area contributed by atoms with Crippen molar-refractivity contribution in [1.82, 2.24) is 4.90 Å². The van der Waals surface area contributed by atoms with Crippen molar-refractivity contribution in [3.63, 3.8) is 0 Å². The zero-order chi connectivity index (χ0) is 31.8. The van der Waals surface area contributed by atoms with Crippen LogP contribution in [-0.4, -0.2) is 36.5 Å². The number of allylic oxidation sites excluding steroid dienone is 2. The molecule has 0 heterocycles. The lowest BCUT2D eigenvalue weighted by Crippen LogP contribution is -2.60. The number of nitrogens with zero attached hydrogens (tertiary/aromatic N) is 2. The quantitative estimate of drug-likeness (QED) is 0.236. The molecule has 2 aliphatic rings. The van der Waals surface area contributed by atoms with E-state index >= 15 is 0 Å². The molecule has 232 valence electrons. The minimum absolute atomic E-state index is 0.0173. The van der Waals surface area contributed by atoms with Crippen molar-refractivity contribution in [2.45, 2.75) is 134 Å². The Hall–Kier alpha value is -1.96. The highest BCUT2D eigenvalue weighted by Crippen LogP contribution is 2.68. The molecule has 1 fully saturated rings. The molecule has 2 rings (SSSR count). The summed E-state index contributed by atoms with van der Waals surface area (Å²) in [6.45, 7) is 23.8. The molecule has 41 heavy (non-hydrogen) atoms. The van der Waals surface area contributed by atoms with Crippen LogP contribution in [0.5, 0.6) is 0 Å². The Morgan fingerprint density at radius 2 is 1.56 bits per heavy atom. The number of carbonyl (C=O) groups excluding carboxylic acids is 3. The van der Waals surface area contributed by atoms with Crippen molar-refractivity contribution >= 4 is 17.5 Å². The topological polar surface area (TPSA) is 78.2 Å². The predicted molar refractivity (Wildman–Crippen MR) is 168 cm³/mol. The predicted octanol–water partition coefficient (Wildman–Crippen LogP) is 8.57. The number of amides is 1. The smallest absolute Gasteiger partial charge is 0.227 e. The second-order valence-electron chi connectivity index (χ2n) is 16.6. The number of nitriles is 1. The van der Waals surface area contributed by atoms with E-state index in [1.54, 1.807) is 11.8 Å². The molecule has 1 saturated carbocycles. The Morgan fingerprint density at radius 1 is 1.00 bits per heavy atom. The van der Waals surface area contributed by atoms with E-state index in [0.717, 1.165) is 51.4 Å². The van der Waals surface area contributed by atoms with Crippen LogP contribution in [0.25, 0.3) is 0 Å². The molecule has 0 aromatic heterocycles. The van der Waals surface area contributed by atoms with E-state index in [2.05, 4.69) is 61.5 Å². The molecule has 2 aliphatic carbocycles. The van der Waals surface area contributed by atoms with Crippen molar-refractivity contribution in [3.05, 3.63) is 11.6 Å². The normalized spacial score (nSPS) is 29.6. The monoisotopic (exact) mass is 568 g/mol. The SMILES string of the molecule is CCCC(C)(C)CC[C@@](C)(CCC(C)(C)[C@]1(C)CC[C@H]2C(C)(C)C(=O)C(C#N)=C[C@]2(C)[C@H]1CC(C)=O)C(=O)N(C)C. The third-order valence-corrected chi connectivity index (χ3v) is 12.0. The van der Waals surface area contributed by atoms with Crippen LogP contribution in [0.1, 0.15) is 134 Å². The first-order valence-corrected chi connectivity index (χ1v) is 15.9. The van der Waals surface area contributed by atoms with E-state index in [9.17, 15) is 19.6 Å². The molecule has 5 atom stereocenters. The Kier molecular flexibility index (Phi) is 10.3. The van der Waals surface area contributed by atoms with Crippen molar-refractivity contribution in [1.29, 1.82) is 5.26 Å². The number of fused-ring (bicyclic) bond motifs is 1. The number of rotatable bonds is 12. The number of hydrogen-bond acceptors (Lipinski definition) is 4. The molecule has 0 bridgehead atoms. The Balaban J connectivity index is 2.53. The molecule has 0 aliphatic heterocycles. The Morgan fingerprint density at radius 3 is 2.05 bits per heavy atom. The minimum atomic E-state index is -0.656. The number of ketones is 2. The van der Waals surface area contributed by atoms with Gasteiger partial charge < -0.3 is 9.69 Å². The maximum atomic E-state index is 13.6. The first-order chi connectivity index (χ1) is 18.5. The van der Waals surface area contributed by atoms with Gasteiger partial charge in [-0.3, -0.25) is 9.59 Å². The summed E-state index contributed by atoms with van der Waals surface area (Å²) >= 11 is 0. The number of Topliss-reactive ketones (excluding diaryl/α,β-unsaturated/α-hetero) is 2. The van der Waals surface area contributed by atoms with Gasteiger partial charge in [0, 0.05) is 31.3 Å². The molecule has 1 amide bonds. The van der Waals surface area contributed by atoms with Gasteiger partial charge in [-0.25, -0.2) is 0 Å². The summed E-state index contributed by atoms with van der Waals surface area (Å²) in [6.07, 6.45) is 9.92. The van der Waals surface area contributed by atoms with Gasteiger partial charge in [-0.1, -0.05) is 81.7 Å². The van der Waals surface area contributed by atoms with Crippen molar-refractivity contribution in [2.24, 2.45) is 44.3 Å². The highest BCUT2D eigenvalue weighted by atomic mass is 16.2. The molecule has 0 radical (unpaired) electrons. The zero-order valence-electron chi connectivity index (χ0n) is 28.7. The summed E-state index contributed by atoms with van der Waals surface area (Å²) < 4.78 is 0. The second-order valence-corrected chi connectivity index (χ2v) is 16.6. The van der Waals surface area contributed by atoms with Gasteiger partial charge in [0.15, 0.2) is 5.78 Å². The lowest BCUT2D eigenvalue weighted by atomic mass is 9.39. The number of hydrogen-bond donors (Lipinski definition) is 0. The molecule has 0 saturated heterocycles. The largest absolute Gasteiger partial charge is 0.348 e. The third kappa shape index (κ3) is 6.67. The molecule has 0 N–H and O–H groups in total. The zero-order valence-corrected chi connectivity index (χ0v) is 28.7. The van der Waals surface area contributed by atoms with E-state index in [1.165, 1.54) is 0 Å². The summed E-state index contributed by atoms with van der Waals surface area (Å²) in [6, 6.07) is 2.20. The number of carbonyl (C=O) groups is 3. The molecule has 0 unspecified atom stereocenters. The van der Waals surface area contributed by atoms with E-state index < -0.39 is 16.2 Å². The van der Waals surface area contributed by atoms with Gasteiger partial charge in [0.1, 0.15) is 11.9 Å². The van der Waals surface area contributed by atoms with Gasteiger partial charge in [0.25, 0.3) is 0 Å². The second kappa shape index (κ2) is 12.0. The molecule has 0 aromatic carbocycles. The van der Waals surface area contributed by atoms with Gasteiger partial charge in [-0.2, -0.15) is 5.26 Å². The van der Waals surface area contributed by atoms with Crippen LogP contribution in [0.3, 0.4) is 0 Å². The summed E-state index contributed by atoms with van der Waals surface area (Å²) in [5, 5.41) is 9.93. The fourth-order valence-electron chi connectivity index (χ4n) is 8.87. The highest BCUT2D eigenvalue weighted by molar-refractivity contribution is 6.04. The van der Waals surface area contributed by atoms with Crippen LogP contribution in [0.4, 0.5) is 0 Å². The van der Waals surface area contributed by atoms with Crippen molar-refractivity contribution in [3.8, 4) is 6.07 Å². The van der Waals surface area contributed by atoms with E-state index in [-0.39, 0.29) is 51.1 Å². The highest BCUT2D eigenvalue weighted by Gasteiger charge is 2.63. The van der Waals surface area contributed by atoms with Crippen molar-refractivity contribution in [2.75, 3.05) is 14.1 Å². The van der Waals surface area contributed by atoms with Crippen molar-refractivity contribution < 1.29 is 14.4 Å². The molecule has 0 aromatic rings. The minimum Gasteiger partial charge on any atom is -0.348 e. The van der Waals surface area contributed by atoms with Gasteiger partial charge in [0.05, 0.1) is 5.57 Å².